The molecule has 3 N–H and O–H groups in total. The van der Waals surface area contributed by atoms with E-state index in [0.717, 1.165) is 0 Å². The van der Waals surface area contributed by atoms with E-state index in [4.69, 9.17) is 10.8 Å². The maximum atomic E-state index is 12.3. The normalized spacial score (nSPS) is 28.1. The molecule has 0 aromatic rings. The summed E-state index contributed by atoms with van der Waals surface area (Å²) in [5, 5.41) is 8.33. The van der Waals surface area contributed by atoms with Crippen molar-refractivity contribution in [2.75, 3.05) is 0 Å². The number of alkyl halides is 2. The second-order valence-electron chi connectivity index (χ2n) is 3.18. The molecule has 1 aliphatic rings. The fourth-order valence-electron chi connectivity index (χ4n) is 1.09. The Morgan fingerprint density at radius 2 is 2.25 bits per heavy atom. The van der Waals surface area contributed by atoms with Crippen molar-refractivity contribution < 1.29 is 18.7 Å². The van der Waals surface area contributed by atoms with E-state index >= 15 is 0 Å². The van der Waals surface area contributed by atoms with Crippen molar-refractivity contribution in [3.8, 4) is 0 Å². The average molecular weight is 179 g/mol. The maximum absolute atomic E-state index is 12.3. The molecule has 70 valence electrons. The van der Waals surface area contributed by atoms with Crippen LogP contribution < -0.4 is 5.73 Å². The fourth-order valence-corrected chi connectivity index (χ4v) is 1.09. The van der Waals surface area contributed by atoms with Crippen LogP contribution in [0.25, 0.3) is 0 Å². The molecule has 0 radical (unpaired) electrons. The first kappa shape index (κ1) is 9.38. The third-order valence-corrected chi connectivity index (χ3v) is 2.10. The van der Waals surface area contributed by atoms with Gasteiger partial charge >= 0.3 is 5.97 Å². The van der Waals surface area contributed by atoms with E-state index in [2.05, 4.69) is 0 Å². The molecule has 0 bridgehead atoms. The summed E-state index contributed by atoms with van der Waals surface area (Å²) in [5.41, 5.74) is 5.14. The topological polar surface area (TPSA) is 63.3 Å². The van der Waals surface area contributed by atoms with Crippen molar-refractivity contribution in [1.29, 1.82) is 0 Å². The molecule has 12 heavy (non-hydrogen) atoms. The lowest BCUT2D eigenvalue weighted by Gasteiger charge is -2.04. The van der Waals surface area contributed by atoms with Crippen LogP contribution in [-0.2, 0) is 4.79 Å². The predicted octanol–water partition coefficient (Wildman–Crippen LogP) is 0.834. The zero-order chi connectivity index (χ0) is 9.35. The predicted molar refractivity (Wildman–Crippen MR) is 37.9 cm³/mol. The molecule has 0 heterocycles. The molecule has 3 nitrogen and oxygen atoms in total. The van der Waals surface area contributed by atoms with Gasteiger partial charge in [-0.25, -0.2) is 8.78 Å². The van der Waals surface area contributed by atoms with Crippen molar-refractivity contribution in [3.05, 3.63) is 0 Å². The van der Waals surface area contributed by atoms with Gasteiger partial charge in [0.1, 0.15) is 6.04 Å². The highest BCUT2D eigenvalue weighted by Crippen LogP contribution is 2.51. The maximum Gasteiger partial charge on any atom is 0.320 e. The Kier molecular flexibility index (Phi) is 2.32. The molecule has 1 aliphatic carbocycles. The van der Waals surface area contributed by atoms with Crippen molar-refractivity contribution in [2.24, 2.45) is 11.7 Å². The summed E-state index contributed by atoms with van der Waals surface area (Å²) in [5.74, 6) is -4.32. The number of carboxylic acids is 1. The number of halogens is 2. The standard InChI is InChI=1S/C7H11F2NO2/c8-7(9)3-4(7)1-2-5(10)6(11)12/h4-5H,1-3,10H2,(H,11,12)/t4?,5-/m0/s1. The number of hydrogen-bond donors (Lipinski definition) is 2. The lowest BCUT2D eigenvalue weighted by Crippen LogP contribution is -2.30. The third-order valence-electron chi connectivity index (χ3n) is 2.10. The summed E-state index contributed by atoms with van der Waals surface area (Å²) < 4.78 is 24.5. The summed E-state index contributed by atoms with van der Waals surface area (Å²) >= 11 is 0. The number of nitrogens with two attached hydrogens (primary N) is 1. The number of aliphatic carboxylic acids is 1. The van der Waals surface area contributed by atoms with Gasteiger partial charge in [0.25, 0.3) is 5.92 Å². The van der Waals surface area contributed by atoms with Gasteiger partial charge in [-0.2, -0.15) is 0 Å². The zero-order valence-corrected chi connectivity index (χ0v) is 6.46. The molecule has 0 amide bonds. The van der Waals surface area contributed by atoms with Crippen LogP contribution in [0.3, 0.4) is 0 Å². The minimum absolute atomic E-state index is 0.112. The Morgan fingerprint density at radius 1 is 1.75 bits per heavy atom. The monoisotopic (exact) mass is 179 g/mol. The number of carbonyl (C=O) groups is 1. The van der Waals surface area contributed by atoms with Crippen LogP contribution in [0, 0.1) is 5.92 Å². The Balaban J connectivity index is 2.15. The second kappa shape index (κ2) is 2.97. The smallest absolute Gasteiger partial charge is 0.320 e. The van der Waals surface area contributed by atoms with Gasteiger partial charge < -0.3 is 10.8 Å². The van der Waals surface area contributed by atoms with E-state index in [1.54, 1.807) is 0 Å². The highest BCUT2D eigenvalue weighted by molar-refractivity contribution is 5.72. The average Bonchev–Trinajstić information content (AvgIpc) is 2.54. The molecule has 1 fully saturated rings. The quantitative estimate of drug-likeness (QED) is 0.672. The van der Waals surface area contributed by atoms with Crippen molar-refractivity contribution in [1.82, 2.24) is 0 Å². The van der Waals surface area contributed by atoms with Crippen LogP contribution in [0.1, 0.15) is 19.3 Å². The van der Waals surface area contributed by atoms with Gasteiger partial charge in [0.15, 0.2) is 0 Å². The van der Waals surface area contributed by atoms with Gasteiger partial charge in [0.2, 0.25) is 0 Å². The third kappa shape index (κ3) is 2.14. The van der Waals surface area contributed by atoms with Crippen LogP contribution in [0.2, 0.25) is 0 Å². The van der Waals surface area contributed by atoms with Crippen LogP contribution in [0.5, 0.6) is 0 Å². The van der Waals surface area contributed by atoms with Gasteiger partial charge in [0, 0.05) is 12.3 Å². The van der Waals surface area contributed by atoms with E-state index < -0.39 is 23.9 Å². The minimum atomic E-state index is -2.56. The van der Waals surface area contributed by atoms with Gasteiger partial charge in [-0.3, -0.25) is 4.79 Å². The fraction of sp³-hybridized carbons (Fsp3) is 0.857. The van der Waals surface area contributed by atoms with E-state index in [1.165, 1.54) is 0 Å². The molecule has 1 saturated carbocycles. The largest absolute Gasteiger partial charge is 0.480 e. The second-order valence-corrected chi connectivity index (χ2v) is 3.18. The molecule has 0 spiro atoms. The van der Waals surface area contributed by atoms with Crippen LogP contribution in [-0.4, -0.2) is 23.0 Å². The highest BCUT2D eigenvalue weighted by Gasteiger charge is 2.56. The van der Waals surface area contributed by atoms with Crippen molar-refractivity contribution in [2.45, 2.75) is 31.2 Å². The molecule has 2 atom stereocenters. The summed E-state index contributed by atoms with van der Waals surface area (Å²) in [6.07, 6.45) is 0.232. The molecular formula is C7H11F2NO2. The van der Waals surface area contributed by atoms with Crippen LogP contribution in [0.15, 0.2) is 0 Å². The van der Waals surface area contributed by atoms with E-state index in [-0.39, 0.29) is 19.3 Å². The van der Waals surface area contributed by atoms with Gasteiger partial charge in [-0.05, 0) is 12.8 Å². The molecule has 5 heteroatoms. The lowest BCUT2D eigenvalue weighted by atomic mass is 10.1. The number of carboxylic acid groups (broad SMARTS) is 1. The van der Waals surface area contributed by atoms with Crippen LogP contribution in [0.4, 0.5) is 8.78 Å². The first-order chi connectivity index (χ1) is 5.43. The van der Waals surface area contributed by atoms with E-state index in [0.29, 0.717) is 0 Å². The van der Waals surface area contributed by atoms with Gasteiger partial charge in [0.05, 0.1) is 0 Å². The molecule has 0 aromatic carbocycles. The summed E-state index contributed by atoms with van der Waals surface area (Å²) in [4.78, 5) is 10.2. The molecule has 1 unspecified atom stereocenters. The Labute approximate surface area is 68.5 Å². The Hall–Kier alpha value is -0.710. The SMILES string of the molecule is N[C@@H](CCC1CC1(F)F)C(=O)O. The Morgan fingerprint density at radius 3 is 2.58 bits per heavy atom. The summed E-state index contributed by atoms with van der Waals surface area (Å²) in [6.45, 7) is 0. The van der Waals surface area contributed by atoms with Crippen molar-refractivity contribution in [3.63, 3.8) is 0 Å². The first-order valence-corrected chi connectivity index (χ1v) is 3.79. The molecule has 0 aromatic heterocycles. The first-order valence-electron chi connectivity index (χ1n) is 3.79. The zero-order valence-electron chi connectivity index (χ0n) is 6.46. The minimum Gasteiger partial charge on any atom is -0.480 e. The van der Waals surface area contributed by atoms with E-state index in [1.807, 2.05) is 0 Å². The van der Waals surface area contributed by atoms with E-state index in [9.17, 15) is 13.6 Å². The van der Waals surface area contributed by atoms with Gasteiger partial charge in [-0.15, -0.1) is 0 Å². The molecular weight excluding hydrogens is 168 g/mol. The summed E-state index contributed by atoms with van der Waals surface area (Å²) in [6, 6.07) is -0.999. The molecule has 0 saturated heterocycles. The number of hydrogen-bond acceptors (Lipinski definition) is 2. The molecule has 0 aliphatic heterocycles. The van der Waals surface area contributed by atoms with Crippen LogP contribution >= 0.6 is 0 Å². The summed E-state index contributed by atoms with van der Waals surface area (Å²) in [7, 11) is 0. The Bertz CT molecular complexity index is 196. The van der Waals surface area contributed by atoms with Crippen molar-refractivity contribution >= 4 is 5.97 Å². The number of rotatable bonds is 4. The lowest BCUT2D eigenvalue weighted by molar-refractivity contribution is -0.138. The highest BCUT2D eigenvalue weighted by atomic mass is 19.3. The van der Waals surface area contributed by atoms with Gasteiger partial charge in [-0.1, -0.05) is 0 Å². The molecule has 1 rings (SSSR count).